The zero-order chi connectivity index (χ0) is 17.1. The Morgan fingerprint density at radius 1 is 1.33 bits per heavy atom. The molecule has 0 atom stereocenters. The van der Waals surface area contributed by atoms with Crippen LogP contribution in [0.4, 0.5) is 0 Å². The number of carbonyl (C=O) groups is 1. The van der Waals surface area contributed by atoms with Crippen LogP contribution in [0.1, 0.15) is 48.7 Å². The minimum absolute atomic E-state index is 0.0535. The highest BCUT2D eigenvalue weighted by Gasteiger charge is 2.17. The second-order valence-electron chi connectivity index (χ2n) is 6.17. The first-order chi connectivity index (χ1) is 11.5. The molecule has 1 aromatic carbocycles. The molecule has 0 radical (unpaired) electrons. The Bertz CT molecular complexity index is 742. The van der Waals surface area contributed by atoms with Crippen molar-refractivity contribution in [2.75, 3.05) is 0 Å². The minimum atomic E-state index is -0.155. The summed E-state index contributed by atoms with van der Waals surface area (Å²) in [6, 6.07) is 5.38. The van der Waals surface area contributed by atoms with Gasteiger partial charge in [0.15, 0.2) is 5.82 Å². The molecule has 0 aliphatic carbocycles. The summed E-state index contributed by atoms with van der Waals surface area (Å²) in [5.41, 5.74) is 0.554. The molecule has 0 spiro atoms. The van der Waals surface area contributed by atoms with E-state index in [1.165, 1.54) is 0 Å². The first-order valence-electron chi connectivity index (χ1n) is 8.19. The summed E-state index contributed by atoms with van der Waals surface area (Å²) in [6.45, 7) is 5.21. The van der Waals surface area contributed by atoms with E-state index in [4.69, 9.17) is 4.74 Å². The molecule has 24 heavy (non-hydrogen) atoms. The van der Waals surface area contributed by atoms with Gasteiger partial charge in [-0.3, -0.25) is 4.79 Å². The molecule has 7 heteroatoms. The van der Waals surface area contributed by atoms with E-state index in [0.29, 0.717) is 17.9 Å². The van der Waals surface area contributed by atoms with Crippen LogP contribution in [0.15, 0.2) is 22.7 Å². The summed E-state index contributed by atoms with van der Waals surface area (Å²) in [6.07, 6.45) is 3.30. The van der Waals surface area contributed by atoms with Crippen LogP contribution in [-0.2, 0) is 19.5 Å². The Kier molecular flexibility index (Phi) is 5.18. The molecular weight excluding hydrogens is 372 g/mol. The van der Waals surface area contributed by atoms with E-state index in [0.717, 1.165) is 41.9 Å². The normalized spacial score (nSPS) is 13.7. The first-order valence-corrected chi connectivity index (χ1v) is 8.98. The van der Waals surface area contributed by atoms with Gasteiger partial charge >= 0.3 is 0 Å². The molecule has 3 rings (SSSR count). The number of ether oxygens (including phenoxy) is 1. The molecule has 1 aliphatic heterocycles. The Hall–Kier alpha value is -1.89. The molecule has 1 aliphatic rings. The van der Waals surface area contributed by atoms with Gasteiger partial charge in [-0.25, -0.2) is 0 Å². The molecule has 2 heterocycles. The minimum Gasteiger partial charge on any atom is -0.491 e. The van der Waals surface area contributed by atoms with Crippen molar-refractivity contribution in [3.05, 3.63) is 39.9 Å². The number of amides is 1. The van der Waals surface area contributed by atoms with Crippen LogP contribution in [0.2, 0.25) is 0 Å². The fourth-order valence-electron chi connectivity index (χ4n) is 2.79. The van der Waals surface area contributed by atoms with Gasteiger partial charge in [0.2, 0.25) is 0 Å². The van der Waals surface area contributed by atoms with E-state index >= 15 is 0 Å². The maximum absolute atomic E-state index is 12.5. The van der Waals surface area contributed by atoms with Crippen molar-refractivity contribution in [2.24, 2.45) is 0 Å². The third kappa shape index (κ3) is 3.95. The van der Waals surface area contributed by atoms with Gasteiger partial charge in [0.25, 0.3) is 5.91 Å². The van der Waals surface area contributed by atoms with Gasteiger partial charge in [-0.1, -0.05) is 15.9 Å². The summed E-state index contributed by atoms with van der Waals surface area (Å²) in [5, 5.41) is 11.3. The summed E-state index contributed by atoms with van der Waals surface area (Å²) >= 11 is 3.42. The smallest absolute Gasteiger partial charge is 0.251 e. The van der Waals surface area contributed by atoms with Crippen LogP contribution in [0.3, 0.4) is 0 Å². The van der Waals surface area contributed by atoms with Gasteiger partial charge in [-0.2, -0.15) is 0 Å². The van der Waals surface area contributed by atoms with E-state index in [2.05, 4.69) is 36.0 Å². The molecule has 2 aromatic rings. The van der Waals surface area contributed by atoms with Crippen LogP contribution in [-0.4, -0.2) is 26.8 Å². The van der Waals surface area contributed by atoms with Gasteiger partial charge in [0.1, 0.15) is 11.6 Å². The lowest BCUT2D eigenvalue weighted by molar-refractivity contribution is 0.0948. The van der Waals surface area contributed by atoms with Crippen molar-refractivity contribution in [1.29, 1.82) is 0 Å². The standard InChI is InChI=1S/C17H21BrN4O2/c1-11(2)24-14-8-12(7-13(18)9-14)17(23)19-10-16-21-20-15-5-3-4-6-22(15)16/h7-9,11H,3-6,10H2,1-2H3,(H,19,23). The average molecular weight is 393 g/mol. The molecule has 1 amide bonds. The molecule has 0 saturated heterocycles. The van der Waals surface area contributed by atoms with Crippen molar-refractivity contribution >= 4 is 21.8 Å². The van der Waals surface area contributed by atoms with Gasteiger partial charge in [-0.15, -0.1) is 10.2 Å². The Balaban J connectivity index is 1.69. The number of nitrogens with zero attached hydrogens (tertiary/aromatic N) is 3. The molecular formula is C17H21BrN4O2. The van der Waals surface area contributed by atoms with Gasteiger partial charge in [0, 0.05) is 23.0 Å². The number of aromatic nitrogens is 3. The summed E-state index contributed by atoms with van der Waals surface area (Å²) in [4.78, 5) is 12.5. The maximum Gasteiger partial charge on any atom is 0.251 e. The molecule has 1 N–H and O–H groups in total. The Labute approximate surface area is 149 Å². The number of halogens is 1. The number of aryl methyl sites for hydroxylation is 1. The number of hydrogen-bond acceptors (Lipinski definition) is 4. The number of rotatable bonds is 5. The first kappa shape index (κ1) is 17.0. The molecule has 0 saturated carbocycles. The third-order valence-corrected chi connectivity index (χ3v) is 4.31. The molecule has 0 bridgehead atoms. The highest BCUT2D eigenvalue weighted by Crippen LogP contribution is 2.22. The fraction of sp³-hybridized carbons (Fsp3) is 0.471. The van der Waals surface area contributed by atoms with Crippen molar-refractivity contribution in [3.63, 3.8) is 0 Å². The molecule has 1 aromatic heterocycles. The Morgan fingerprint density at radius 3 is 2.96 bits per heavy atom. The van der Waals surface area contributed by atoms with E-state index < -0.39 is 0 Å². The van der Waals surface area contributed by atoms with Crippen LogP contribution in [0, 0.1) is 0 Å². The number of nitrogens with one attached hydrogen (secondary N) is 1. The lowest BCUT2D eigenvalue weighted by Gasteiger charge is -2.15. The zero-order valence-corrected chi connectivity index (χ0v) is 15.5. The molecule has 0 fully saturated rings. The SMILES string of the molecule is CC(C)Oc1cc(Br)cc(C(=O)NCc2nnc3n2CCCC3)c1. The van der Waals surface area contributed by atoms with Crippen LogP contribution in [0.5, 0.6) is 5.75 Å². The number of benzene rings is 1. The van der Waals surface area contributed by atoms with E-state index in [-0.39, 0.29) is 12.0 Å². The van der Waals surface area contributed by atoms with E-state index in [1.54, 1.807) is 12.1 Å². The second-order valence-corrected chi connectivity index (χ2v) is 7.08. The van der Waals surface area contributed by atoms with Crippen LogP contribution in [0.25, 0.3) is 0 Å². The molecule has 6 nitrogen and oxygen atoms in total. The summed E-state index contributed by atoms with van der Waals surface area (Å²) < 4.78 is 8.59. The lowest BCUT2D eigenvalue weighted by Crippen LogP contribution is -2.25. The average Bonchev–Trinajstić information content (AvgIpc) is 2.94. The van der Waals surface area contributed by atoms with Gasteiger partial charge in [0.05, 0.1) is 12.6 Å². The van der Waals surface area contributed by atoms with Crippen molar-refractivity contribution in [2.45, 2.75) is 52.3 Å². The highest BCUT2D eigenvalue weighted by molar-refractivity contribution is 9.10. The van der Waals surface area contributed by atoms with Crippen molar-refractivity contribution in [3.8, 4) is 5.75 Å². The molecule has 0 unspecified atom stereocenters. The van der Waals surface area contributed by atoms with Crippen LogP contribution < -0.4 is 10.1 Å². The van der Waals surface area contributed by atoms with Crippen molar-refractivity contribution < 1.29 is 9.53 Å². The van der Waals surface area contributed by atoms with Gasteiger partial charge in [-0.05, 0) is 44.9 Å². The number of fused-ring (bicyclic) bond motifs is 1. The monoisotopic (exact) mass is 392 g/mol. The second kappa shape index (κ2) is 7.34. The lowest BCUT2D eigenvalue weighted by atomic mass is 10.1. The largest absolute Gasteiger partial charge is 0.491 e. The van der Waals surface area contributed by atoms with E-state index in [1.807, 2.05) is 19.9 Å². The van der Waals surface area contributed by atoms with Gasteiger partial charge < -0.3 is 14.6 Å². The predicted octanol–water partition coefficient (Wildman–Crippen LogP) is 3.09. The maximum atomic E-state index is 12.5. The number of hydrogen-bond donors (Lipinski definition) is 1. The number of carbonyl (C=O) groups excluding carboxylic acids is 1. The quantitative estimate of drug-likeness (QED) is 0.848. The Morgan fingerprint density at radius 2 is 2.17 bits per heavy atom. The highest BCUT2D eigenvalue weighted by atomic mass is 79.9. The van der Waals surface area contributed by atoms with E-state index in [9.17, 15) is 4.79 Å². The summed E-state index contributed by atoms with van der Waals surface area (Å²) in [5.74, 6) is 2.34. The summed E-state index contributed by atoms with van der Waals surface area (Å²) in [7, 11) is 0. The topological polar surface area (TPSA) is 69.0 Å². The van der Waals surface area contributed by atoms with Crippen molar-refractivity contribution in [1.82, 2.24) is 20.1 Å². The zero-order valence-electron chi connectivity index (χ0n) is 13.9. The third-order valence-electron chi connectivity index (χ3n) is 3.85. The van der Waals surface area contributed by atoms with Crippen LogP contribution >= 0.6 is 15.9 Å². The fourth-order valence-corrected chi connectivity index (χ4v) is 3.27. The molecule has 128 valence electrons. The predicted molar refractivity (Wildman–Crippen MR) is 94.0 cm³/mol.